The van der Waals surface area contributed by atoms with E-state index in [0.29, 0.717) is 5.76 Å². The van der Waals surface area contributed by atoms with E-state index < -0.39 is 0 Å². The Labute approximate surface area is 134 Å². The molecule has 22 heavy (non-hydrogen) atoms. The molecular weight excluding hydrogens is 272 g/mol. The predicted molar refractivity (Wildman–Crippen MR) is 92.5 cm³/mol. The number of aliphatic hydroxyl groups excluding tert-OH is 1. The lowest BCUT2D eigenvalue weighted by molar-refractivity contribution is 0.245. The number of rotatable bonds is 4. The Morgan fingerprint density at radius 1 is 1.36 bits per heavy atom. The molecule has 0 bridgehead atoms. The topological polar surface area (TPSA) is 33.4 Å². The summed E-state index contributed by atoms with van der Waals surface area (Å²) in [4.78, 5) is 0. The second-order valence-electron chi connectivity index (χ2n) is 7.07. The molecule has 1 N–H and O–H groups in total. The smallest absolute Gasteiger partial charge is 0.132 e. The molecule has 2 heteroatoms. The zero-order chi connectivity index (χ0) is 16.3. The maximum Gasteiger partial charge on any atom is 0.132 e. The van der Waals surface area contributed by atoms with E-state index in [9.17, 15) is 5.11 Å². The van der Waals surface area contributed by atoms with Gasteiger partial charge in [0.25, 0.3) is 0 Å². The van der Waals surface area contributed by atoms with E-state index in [1.54, 1.807) is 0 Å². The summed E-state index contributed by atoms with van der Waals surface area (Å²) in [7, 11) is 0. The minimum atomic E-state index is -0.0468. The Morgan fingerprint density at radius 2 is 2.09 bits per heavy atom. The van der Waals surface area contributed by atoms with Gasteiger partial charge in [-0.15, -0.1) is 0 Å². The summed E-state index contributed by atoms with van der Waals surface area (Å²) in [5.74, 6) is 1.45. The van der Waals surface area contributed by atoms with Crippen molar-refractivity contribution in [1.29, 1.82) is 0 Å². The van der Waals surface area contributed by atoms with E-state index in [0.717, 1.165) is 16.9 Å². The first-order valence-electron chi connectivity index (χ1n) is 8.10. The van der Waals surface area contributed by atoms with Gasteiger partial charge in [-0.3, -0.25) is 0 Å². The van der Waals surface area contributed by atoms with Gasteiger partial charge in [-0.2, -0.15) is 0 Å². The lowest BCUT2D eigenvalue weighted by atomic mass is 9.72. The average molecular weight is 300 g/mol. The molecule has 0 saturated carbocycles. The fourth-order valence-electron chi connectivity index (χ4n) is 3.27. The monoisotopic (exact) mass is 300 g/mol. The minimum Gasteiger partial charge on any atom is -0.459 e. The van der Waals surface area contributed by atoms with E-state index >= 15 is 0 Å². The van der Waals surface area contributed by atoms with Gasteiger partial charge in [-0.1, -0.05) is 31.6 Å². The van der Waals surface area contributed by atoms with Gasteiger partial charge < -0.3 is 9.52 Å². The normalized spacial score (nSPS) is 19.3. The molecule has 0 aromatic carbocycles. The molecule has 0 amide bonds. The Kier molecular flexibility index (Phi) is 5.12. The highest BCUT2D eigenvalue weighted by atomic mass is 16.4. The van der Waals surface area contributed by atoms with Crippen molar-refractivity contribution in [3.63, 3.8) is 0 Å². The van der Waals surface area contributed by atoms with Crippen LogP contribution in [0.5, 0.6) is 0 Å². The molecule has 0 aliphatic heterocycles. The lowest BCUT2D eigenvalue weighted by Gasteiger charge is -2.32. The summed E-state index contributed by atoms with van der Waals surface area (Å²) >= 11 is 0. The van der Waals surface area contributed by atoms with Crippen LogP contribution < -0.4 is 0 Å². The molecular formula is C20H28O2. The molecule has 2 nitrogen and oxygen atoms in total. The predicted octanol–water partition coefficient (Wildman–Crippen LogP) is 5.57. The third kappa shape index (κ3) is 3.80. The van der Waals surface area contributed by atoms with Crippen molar-refractivity contribution in [2.75, 3.05) is 0 Å². The van der Waals surface area contributed by atoms with Gasteiger partial charge in [-0.25, -0.2) is 0 Å². The molecule has 0 spiro atoms. The first-order valence-corrected chi connectivity index (χ1v) is 8.10. The van der Waals surface area contributed by atoms with Crippen molar-refractivity contribution in [1.82, 2.24) is 0 Å². The zero-order valence-electron chi connectivity index (χ0n) is 14.5. The van der Waals surface area contributed by atoms with Crippen LogP contribution >= 0.6 is 0 Å². The van der Waals surface area contributed by atoms with Crippen molar-refractivity contribution in [2.45, 2.75) is 60.5 Å². The molecule has 1 aliphatic carbocycles. The molecule has 1 aromatic heterocycles. The van der Waals surface area contributed by atoms with Crippen molar-refractivity contribution in [2.24, 2.45) is 5.41 Å². The molecule has 0 saturated heterocycles. The van der Waals surface area contributed by atoms with Crippen molar-refractivity contribution >= 4 is 6.08 Å². The van der Waals surface area contributed by atoms with Gasteiger partial charge in [0.1, 0.15) is 18.1 Å². The SMILES string of the molecule is CC(C=CC1=C(C)CCCC1(C)C)=Cc1cc(C)c(CO)o1. The van der Waals surface area contributed by atoms with Gasteiger partial charge in [0.05, 0.1) is 0 Å². The van der Waals surface area contributed by atoms with Crippen LogP contribution in [0.25, 0.3) is 6.08 Å². The summed E-state index contributed by atoms with van der Waals surface area (Å²) < 4.78 is 5.62. The first kappa shape index (κ1) is 16.8. The van der Waals surface area contributed by atoms with E-state index in [1.807, 2.05) is 19.1 Å². The van der Waals surface area contributed by atoms with Crippen LogP contribution in [0.15, 0.2) is 39.4 Å². The quantitative estimate of drug-likeness (QED) is 0.738. The molecule has 0 radical (unpaired) electrons. The molecule has 2 rings (SSSR count). The summed E-state index contributed by atoms with van der Waals surface area (Å²) in [6, 6.07) is 1.97. The van der Waals surface area contributed by atoms with E-state index in [4.69, 9.17) is 4.42 Å². The van der Waals surface area contributed by atoms with Gasteiger partial charge in [0, 0.05) is 0 Å². The summed E-state index contributed by atoms with van der Waals surface area (Å²) in [6.07, 6.45) is 10.2. The van der Waals surface area contributed by atoms with Crippen LogP contribution in [-0.2, 0) is 6.61 Å². The molecule has 0 fully saturated rings. The summed E-state index contributed by atoms with van der Waals surface area (Å²) in [5, 5.41) is 9.19. The minimum absolute atomic E-state index is 0.0468. The number of aryl methyl sites for hydroxylation is 1. The van der Waals surface area contributed by atoms with Crippen LogP contribution in [-0.4, -0.2) is 5.11 Å². The second kappa shape index (κ2) is 6.70. The van der Waals surface area contributed by atoms with E-state index in [-0.39, 0.29) is 12.0 Å². The maximum atomic E-state index is 9.19. The number of allylic oxidation sites excluding steroid dienone is 5. The lowest BCUT2D eigenvalue weighted by Crippen LogP contribution is -2.19. The fraction of sp³-hybridized carbons (Fsp3) is 0.500. The molecule has 0 atom stereocenters. The van der Waals surface area contributed by atoms with E-state index in [2.05, 4.69) is 39.8 Å². The summed E-state index contributed by atoms with van der Waals surface area (Å²) in [5.41, 5.74) is 5.40. The van der Waals surface area contributed by atoms with Crippen LogP contribution in [0, 0.1) is 12.3 Å². The van der Waals surface area contributed by atoms with Gasteiger partial charge >= 0.3 is 0 Å². The third-order valence-electron chi connectivity index (χ3n) is 4.61. The number of hydrogen-bond acceptors (Lipinski definition) is 2. The highest BCUT2D eigenvalue weighted by molar-refractivity contribution is 5.53. The number of hydrogen-bond donors (Lipinski definition) is 1. The molecule has 1 aromatic rings. The van der Waals surface area contributed by atoms with Gasteiger partial charge in [0.15, 0.2) is 0 Å². The molecule has 1 heterocycles. The Hall–Kier alpha value is -1.54. The third-order valence-corrected chi connectivity index (χ3v) is 4.61. The second-order valence-corrected chi connectivity index (χ2v) is 7.07. The van der Waals surface area contributed by atoms with Crippen LogP contribution in [0.2, 0.25) is 0 Å². The van der Waals surface area contributed by atoms with Crippen molar-refractivity contribution < 1.29 is 9.52 Å². The number of furan rings is 1. The van der Waals surface area contributed by atoms with Crippen LogP contribution in [0.4, 0.5) is 0 Å². The van der Waals surface area contributed by atoms with Crippen molar-refractivity contribution in [3.05, 3.63) is 52.0 Å². The fourth-order valence-corrected chi connectivity index (χ4v) is 3.27. The Bertz CT molecular complexity index is 624. The largest absolute Gasteiger partial charge is 0.459 e. The molecule has 1 aliphatic rings. The molecule has 0 unspecified atom stereocenters. The highest BCUT2D eigenvalue weighted by Gasteiger charge is 2.26. The molecule has 120 valence electrons. The van der Waals surface area contributed by atoms with E-state index in [1.165, 1.54) is 30.4 Å². The Balaban J connectivity index is 2.19. The first-order chi connectivity index (χ1) is 10.3. The highest BCUT2D eigenvalue weighted by Crippen LogP contribution is 2.40. The standard InChI is InChI=1S/C20H28O2/c1-14(11-17-12-16(3)19(13-21)22-17)8-9-18-15(2)7-6-10-20(18,4)5/h8-9,11-12,21H,6-7,10,13H2,1-5H3. The number of aliphatic hydroxyl groups is 1. The van der Waals surface area contributed by atoms with Crippen LogP contribution in [0.3, 0.4) is 0 Å². The zero-order valence-corrected chi connectivity index (χ0v) is 14.5. The van der Waals surface area contributed by atoms with Gasteiger partial charge in [0.2, 0.25) is 0 Å². The average Bonchev–Trinajstić information content (AvgIpc) is 2.77. The van der Waals surface area contributed by atoms with Gasteiger partial charge in [-0.05, 0) is 74.3 Å². The summed E-state index contributed by atoms with van der Waals surface area (Å²) in [6.45, 7) is 10.9. The van der Waals surface area contributed by atoms with Crippen LogP contribution in [0.1, 0.15) is 64.0 Å². The maximum absolute atomic E-state index is 9.19. The van der Waals surface area contributed by atoms with Crippen molar-refractivity contribution in [3.8, 4) is 0 Å². The Morgan fingerprint density at radius 3 is 2.68 bits per heavy atom.